The molecule has 0 aromatic heterocycles. The molecule has 0 aliphatic carbocycles. The normalized spacial score (nSPS) is 9.89. The first-order valence-corrected chi connectivity index (χ1v) is 6.68. The number of benzene rings is 1. The second kappa shape index (κ2) is 7.09. The van der Waals surface area contributed by atoms with E-state index in [0.29, 0.717) is 18.2 Å². The van der Waals surface area contributed by atoms with Crippen molar-refractivity contribution in [1.82, 2.24) is 10.6 Å². The average Bonchev–Trinajstić information content (AvgIpc) is 2.31. The molecule has 0 fully saturated rings. The van der Waals surface area contributed by atoms with Gasteiger partial charge in [0, 0.05) is 25.7 Å². The Kier molecular flexibility index (Phi) is 5.76. The number of anilines is 1. The van der Waals surface area contributed by atoms with E-state index in [0.717, 1.165) is 11.3 Å². The third-order valence-corrected chi connectivity index (χ3v) is 3.12. The van der Waals surface area contributed by atoms with Crippen molar-refractivity contribution >= 4 is 28.9 Å². The molecule has 0 saturated heterocycles. The molecule has 0 atom stereocenters. The van der Waals surface area contributed by atoms with Crippen molar-refractivity contribution < 1.29 is 4.79 Å². The van der Waals surface area contributed by atoms with E-state index < -0.39 is 0 Å². The maximum absolute atomic E-state index is 10.7. The van der Waals surface area contributed by atoms with Crippen LogP contribution >= 0.6 is 12.2 Å². The fraction of sp³-hybridized carbons (Fsp3) is 0.429. The highest BCUT2D eigenvalue weighted by atomic mass is 32.1. The molecule has 0 saturated carbocycles. The van der Waals surface area contributed by atoms with Crippen LogP contribution in [0.5, 0.6) is 0 Å². The average molecular weight is 279 g/mol. The quantitative estimate of drug-likeness (QED) is 0.583. The molecule has 3 N–H and O–H groups in total. The molecule has 5 heteroatoms. The maximum Gasteiger partial charge on any atom is 0.216 e. The molecule has 1 amide bonds. The van der Waals surface area contributed by atoms with Gasteiger partial charge in [-0.1, -0.05) is 6.07 Å². The molecule has 1 aromatic carbocycles. The van der Waals surface area contributed by atoms with Crippen LogP contribution in [0.2, 0.25) is 0 Å². The Balaban J connectivity index is 2.48. The lowest BCUT2D eigenvalue weighted by Crippen LogP contribution is -2.36. The fourth-order valence-electron chi connectivity index (χ4n) is 1.68. The molecule has 0 aliphatic heterocycles. The van der Waals surface area contributed by atoms with E-state index >= 15 is 0 Å². The number of amides is 1. The predicted molar refractivity (Wildman–Crippen MR) is 83.6 cm³/mol. The van der Waals surface area contributed by atoms with Crippen LogP contribution in [-0.2, 0) is 4.79 Å². The first-order chi connectivity index (χ1) is 8.90. The van der Waals surface area contributed by atoms with E-state index in [1.54, 1.807) is 0 Å². The molecule has 0 unspecified atom stereocenters. The summed E-state index contributed by atoms with van der Waals surface area (Å²) in [7, 11) is 0. The molecule has 0 spiro atoms. The van der Waals surface area contributed by atoms with E-state index in [1.165, 1.54) is 18.1 Å². The van der Waals surface area contributed by atoms with E-state index in [2.05, 4.69) is 48.9 Å². The summed E-state index contributed by atoms with van der Waals surface area (Å²) in [5, 5.41) is 9.50. The van der Waals surface area contributed by atoms with Crippen molar-refractivity contribution in [1.29, 1.82) is 0 Å². The number of hydrogen-bond acceptors (Lipinski definition) is 2. The highest BCUT2D eigenvalue weighted by molar-refractivity contribution is 7.80. The van der Waals surface area contributed by atoms with Gasteiger partial charge < -0.3 is 16.0 Å². The van der Waals surface area contributed by atoms with Crippen molar-refractivity contribution in [3.05, 3.63) is 28.8 Å². The highest BCUT2D eigenvalue weighted by Crippen LogP contribution is 2.19. The lowest BCUT2D eigenvalue weighted by Gasteiger charge is -2.14. The molecule has 19 heavy (non-hydrogen) atoms. The first kappa shape index (κ1) is 15.4. The molecule has 4 nitrogen and oxygen atoms in total. The summed E-state index contributed by atoms with van der Waals surface area (Å²) < 4.78 is 0. The molecule has 0 bridgehead atoms. The maximum atomic E-state index is 10.7. The fourth-order valence-corrected chi connectivity index (χ4v) is 1.89. The Morgan fingerprint density at radius 1 is 1.05 bits per heavy atom. The summed E-state index contributed by atoms with van der Waals surface area (Å²) in [6.45, 7) is 8.88. The van der Waals surface area contributed by atoms with Gasteiger partial charge in [0.25, 0.3) is 0 Å². The molecular formula is C14H21N3OS. The van der Waals surface area contributed by atoms with Gasteiger partial charge >= 0.3 is 0 Å². The topological polar surface area (TPSA) is 53.2 Å². The zero-order valence-corrected chi connectivity index (χ0v) is 12.7. The minimum absolute atomic E-state index is 0.0364. The van der Waals surface area contributed by atoms with Gasteiger partial charge in [0.1, 0.15) is 0 Å². The molecule has 0 aliphatic rings. The van der Waals surface area contributed by atoms with Crippen molar-refractivity contribution in [2.45, 2.75) is 27.7 Å². The van der Waals surface area contributed by atoms with Crippen molar-refractivity contribution in [3.63, 3.8) is 0 Å². The molecule has 0 radical (unpaired) electrons. The van der Waals surface area contributed by atoms with Crippen LogP contribution in [0.25, 0.3) is 0 Å². The van der Waals surface area contributed by atoms with Crippen molar-refractivity contribution in [2.24, 2.45) is 0 Å². The van der Waals surface area contributed by atoms with Crippen LogP contribution in [0.4, 0.5) is 5.69 Å². The minimum Gasteiger partial charge on any atom is -0.361 e. The van der Waals surface area contributed by atoms with Crippen molar-refractivity contribution in [3.8, 4) is 0 Å². The van der Waals surface area contributed by atoms with Gasteiger partial charge in [-0.2, -0.15) is 0 Å². The van der Waals surface area contributed by atoms with Gasteiger partial charge in [-0.25, -0.2) is 0 Å². The van der Waals surface area contributed by atoms with E-state index in [9.17, 15) is 4.79 Å². The Hall–Kier alpha value is -1.62. The van der Waals surface area contributed by atoms with Crippen LogP contribution in [0.1, 0.15) is 23.6 Å². The largest absolute Gasteiger partial charge is 0.361 e. The SMILES string of the molecule is CC(=O)NCCNC(=S)Nc1cc(C)c(C)cc1C. The third kappa shape index (κ3) is 5.26. The monoisotopic (exact) mass is 279 g/mol. The highest BCUT2D eigenvalue weighted by Gasteiger charge is 2.03. The smallest absolute Gasteiger partial charge is 0.216 e. The predicted octanol–water partition coefficient (Wildman–Crippen LogP) is 2.03. The first-order valence-electron chi connectivity index (χ1n) is 6.27. The summed E-state index contributed by atoms with van der Waals surface area (Å²) in [5.41, 5.74) is 4.68. The number of hydrogen-bond donors (Lipinski definition) is 3. The molecular weight excluding hydrogens is 258 g/mol. The number of carbonyl (C=O) groups excluding carboxylic acids is 1. The van der Waals surface area contributed by atoms with E-state index in [-0.39, 0.29) is 5.91 Å². The summed E-state index contributed by atoms with van der Waals surface area (Å²) in [4.78, 5) is 10.7. The number of carbonyl (C=O) groups is 1. The minimum atomic E-state index is -0.0364. The number of nitrogens with one attached hydrogen (secondary N) is 3. The Morgan fingerprint density at radius 2 is 1.63 bits per heavy atom. The van der Waals surface area contributed by atoms with Gasteiger partial charge in [0.2, 0.25) is 5.91 Å². The number of rotatable bonds is 4. The van der Waals surface area contributed by atoms with Crippen molar-refractivity contribution in [2.75, 3.05) is 18.4 Å². The molecule has 104 valence electrons. The zero-order chi connectivity index (χ0) is 14.4. The molecule has 0 heterocycles. The van der Waals surface area contributed by atoms with Crippen LogP contribution in [0.3, 0.4) is 0 Å². The molecule has 1 rings (SSSR count). The molecule has 1 aromatic rings. The Labute approximate surface area is 120 Å². The van der Waals surface area contributed by atoms with Gasteiger partial charge in [0.15, 0.2) is 5.11 Å². The second-order valence-corrected chi connectivity index (χ2v) is 5.02. The van der Waals surface area contributed by atoms with Crippen LogP contribution in [-0.4, -0.2) is 24.1 Å². The van der Waals surface area contributed by atoms with Crippen LogP contribution in [0, 0.1) is 20.8 Å². The van der Waals surface area contributed by atoms with Gasteiger partial charge in [0.05, 0.1) is 0 Å². The summed E-state index contributed by atoms with van der Waals surface area (Å²) >= 11 is 5.22. The second-order valence-electron chi connectivity index (χ2n) is 4.62. The summed E-state index contributed by atoms with van der Waals surface area (Å²) in [6, 6.07) is 4.23. The standard InChI is InChI=1S/C14H21N3OS/c1-9-7-11(3)13(8-10(9)2)17-14(19)16-6-5-15-12(4)18/h7-8H,5-6H2,1-4H3,(H,15,18)(H2,16,17,19). The van der Waals surface area contributed by atoms with E-state index in [4.69, 9.17) is 12.2 Å². The summed E-state index contributed by atoms with van der Waals surface area (Å²) in [5.74, 6) is -0.0364. The van der Waals surface area contributed by atoms with Gasteiger partial charge in [-0.3, -0.25) is 4.79 Å². The van der Waals surface area contributed by atoms with Gasteiger partial charge in [-0.15, -0.1) is 0 Å². The van der Waals surface area contributed by atoms with Crippen LogP contribution in [0.15, 0.2) is 12.1 Å². The van der Waals surface area contributed by atoms with Gasteiger partial charge in [-0.05, 0) is 55.7 Å². The third-order valence-electron chi connectivity index (χ3n) is 2.87. The number of thiocarbonyl (C=S) groups is 1. The number of aryl methyl sites for hydroxylation is 3. The summed E-state index contributed by atoms with van der Waals surface area (Å²) in [6.07, 6.45) is 0. The van der Waals surface area contributed by atoms with E-state index in [1.807, 2.05) is 0 Å². The zero-order valence-electron chi connectivity index (χ0n) is 11.9. The Bertz CT molecular complexity index is 486. The lowest BCUT2D eigenvalue weighted by atomic mass is 10.1. The lowest BCUT2D eigenvalue weighted by molar-refractivity contribution is -0.118. The van der Waals surface area contributed by atoms with Crippen LogP contribution < -0.4 is 16.0 Å². The Morgan fingerprint density at radius 3 is 2.26 bits per heavy atom.